The lowest BCUT2D eigenvalue weighted by Crippen LogP contribution is -2.23. The molecule has 1 rings (SSSR count). The van der Waals surface area contributed by atoms with Crippen molar-refractivity contribution in [3.05, 3.63) is 21.6 Å². The van der Waals surface area contributed by atoms with Crippen LogP contribution in [-0.2, 0) is 10.0 Å². The van der Waals surface area contributed by atoms with E-state index in [1.54, 1.807) is 0 Å². The van der Waals surface area contributed by atoms with Crippen molar-refractivity contribution in [2.45, 2.75) is 0 Å². The van der Waals surface area contributed by atoms with Gasteiger partial charge in [0.1, 0.15) is 6.33 Å². The number of halogens is 1. The number of aromatic nitrogens is 2. The Balaban J connectivity index is 2.85. The average molecular weight is 282 g/mol. The molecule has 1 heterocycles. The van der Waals surface area contributed by atoms with Gasteiger partial charge in [0, 0.05) is 6.54 Å². The van der Waals surface area contributed by atoms with Gasteiger partial charge in [0.2, 0.25) is 21.0 Å². The number of primary sulfonamides is 1. The standard InChI is InChI=1S/C6H8ClN5O4S/c7-5-4(12(13)14)6(11-3-10-5)9-1-2-17(8,15)16/h3H,1-2H2,(H2,8,15,16)(H,9,10,11). The molecule has 17 heavy (non-hydrogen) atoms. The highest BCUT2D eigenvalue weighted by molar-refractivity contribution is 7.89. The number of nitro groups is 1. The van der Waals surface area contributed by atoms with Gasteiger partial charge in [0.05, 0.1) is 10.7 Å². The minimum atomic E-state index is -3.65. The van der Waals surface area contributed by atoms with Crippen LogP contribution in [0.4, 0.5) is 11.5 Å². The van der Waals surface area contributed by atoms with Crippen LogP contribution in [0, 0.1) is 10.1 Å². The van der Waals surface area contributed by atoms with E-state index in [0.29, 0.717) is 0 Å². The molecule has 0 bridgehead atoms. The van der Waals surface area contributed by atoms with Gasteiger partial charge in [-0.25, -0.2) is 23.5 Å². The van der Waals surface area contributed by atoms with Gasteiger partial charge in [-0.2, -0.15) is 0 Å². The van der Waals surface area contributed by atoms with Crippen molar-refractivity contribution in [2.24, 2.45) is 5.14 Å². The topological polar surface area (TPSA) is 141 Å². The number of nitrogens with two attached hydrogens (primary N) is 1. The van der Waals surface area contributed by atoms with Gasteiger partial charge >= 0.3 is 5.69 Å². The molecule has 0 unspecified atom stereocenters. The summed E-state index contributed by atoms with van der Waals surface area (Å²) in [5.74, 6) is -0.537. The fraction of sp³-hybridized carbons (Fsp3) is 0.333. The molecule has 9 nitrogen and oxygen atoms in total. The number of hydrogen-bond donors (Lipinski definition) is 2. The van der Waals surface area contributed by atoms with Crippen LogP contribution < -0.4 is 10.5 Å². The van der Waals surface area contributed by atoms with E-state index in [9.17, 15) is 18.5 Å². The zero-order valence-electron chi connectivity index (χ0n) is 8.33. The van der Waals surface area contributed by atoms with E-state index in [1.165, 1.54) is 0 Å². The molecule has 0 aromatic carbocycles. The van der Waals surface area contributed by atoms with Gasteiger partial charge in [-0.05, 0) is 0 Å². The van der Waals surface area contributed by atoms with Crippen LogP contribution in [0.25, 0.3) is 0 Å². The number of hydrogen-bond acceptors (Lipinski definition) is 7. The summed E-state index contributed by atoms with van der Waals surface area (Å²) in [6, 6.07) is 0. The summed E-state index contributed by atoms with van der Waals surface area (Å²) in [6.45, 7) is -0.118. The van der Waals surface area contributed by atoms with Crippen LogP contribution in [0.1, 0.15) is 0 Å². The van der Waals surface area contributed by atoms with E-state index in [0.717, 1.165) is 6.33 Å². The third-order valence-electron chi connectivity index (χ3n) is 1.64. The van der Waals surface area contributed by atoms with Crippen molar-refractivity contribution in [3.8, 4) is 0 Å². The fourth-order valence-electron chi connectivity index (χ4n) is 0.960. The summed E-state index contributed by atoms with van der Waals surface area (Å²) in [5.41, 5.74) is -0.511. The average Bonchev–Trinajstić information content (AvgIpc) is 2.14. The van der Waals surface area contributed by atoms with Gasteiger partial charge in [0.25, 0.3) is 0 Å². The fourth-order valence-corrected chi connectivity index (χ4v) is 1.55. The predicted octanol–water partition coefficient (Wildman–Crippen LogP) is -0.261. The van der Waals surface area contributed by atoms with Gasteiger partial charge in [-0.15, -0.1) is 0 Å². The van der Waals surface area contributed by atoms with Gasteiger partial charge in [-0.1, -0.05) is 11.6 Å². The lowest BCUT2D eigenvalue weighted by Gasteiger charge is -2.05. The Kier molecular flexibility index (Phi) is 4.15. The molecule has 0 aliphatic carbocycles. The van der Waals surface area contributed by atoms with Gasteiger partial charge in [0.15, 0.2) is 0 Å². The Morgan fingerprint density at radius 3 is 2.71 bits per heavy atom. The normalized spacial score (nSPS) is 11.2. The first-order chi connectivity index (χ1) is 7.81. The summed E-state index contributed by atoms with van der Waals surface area (Å²) in [6.07, 6.45) is 1.02. The van der Waals surface area contributed by atoms with Gasteiger partial charge < -0.3 is 5.32 Å². The van der Waals surface area contributed by atoms with Crippen molar-refractivity contribution in [1.29, 1.82) is 0 Å². The van der Waals surface area contributed by atoms with Crippen molar-refractivity contribution >= 4 is 33.1 Å². The van der Waals surface area contributed by atoms with E-state index in [4.69, 9.17) is 16.7 Å². The van der Waals surface area contributed by atoms with Crippen LogP contribution in [-0.4, -0.2) is 35.6 Å². The molecule has 0 aliphatic rings. The minimum absolute atomic E-state index is 0.118. The Morgan fingerprint density at radius 1 is 1.53 bits per heavy atom. The minimum Gasteiger partial charge on any atom is -0.363 e. The Morgan fingerprint density at radius 2 is 2.18 bits per heavy atom. The molecule has 0 radical (unpaired) electrons. The number of nitrogens with one attached hydrogen (secondary N) is 1. The molecule has 0 fully saturated rings. The number of sulfonamides is 1. The molecule has 1 aromatic heterocycles. The molecular weight excluding hydrogens is 274 g/mol. The second-order valence-electron chi connectivity index (χ2n) is 2.91. The highest BCUT2D eigenvalue weighted by Crippen LogP contribution is 2.27. The third-order valence-corrected chi connectivity index (χ3v) is 2.69. The summed E-state index contributed by atoms with van der Waals surface area (Å²) in [7, 11) is -3.65. The second-order valence-corrected chi connectivity index (χ2v) is 5.00. The molecule has 0 saturated heterocycles. The molecule has 0 spiro atoms. The Labute approximate surface area is 101 Å². The quantitative estimate of drug-likeness (QED) is 0.430. The summed E-state index contributed by atoms with van der Waals surface area (Å²) in [4.78, 5) is 16.9. The monoisotopic (exact) mass is 281 g/mol. The molecule has 3 N–H and O–H groups in total. The van der Waals surface area contributed by atoms with Crippen LogP contribution >= 0.6 is 11.6 Å². The molecule has 0 amide bonds. The maximum absolute atomic E-state index is 10.7. The molecule has 1 aromatic rings. The molecule has 94 valence electrons. The first-order valence-electron chi connectivity index (χ1n) is 4.20. The maximum atomic E-state index is 10.7. The van der Waals surface area contributed by atoms with Crippen LogP contribution in [0.2, 0.25) is 5.15 Å². The van der Waals surface area contributed by atoms with Crippen molar-refractivity contribution in [1.82, 2.24) is 9.97 Å². The molecule has 0 atom stereocenters. The lowest BCUT2D eigenvalue weighted by atomic mass is 10.5. The van der Waals surface area contributed by atoms with E-state index >= 15 is 0 Å². The van der Waals surface area contributed by atoms with Gasteiger partial charge in [-0.3, -0.25) is 10.1 Å². The Bertz CT molecular complexity index is 533. The van der Waals surface area contributed by atoms with Crippen molar-refractivity contribution in [2.75, 3.05) is 17.6 Å². The van der Waals surface area contributed by atoms with E-state index in [2.05, 4.69) is 15.3 Å². The van der Waals surface area contributed by atoms with Crippen LogP contribution in [0.3, 0.4) is 0 Å². The first kappa shape index (κ1) is 13.5. The van der Waals surface area contributed by atoms with E-state index < -0.39 is 20.6 Å². The third kappa shape index (κ3) is 4.09. The largest absolute Gasteiger partial charge is 0.363 e. The molecular formula is C6H8ClN5O4S. The predicted molar refractivity (Wildman–Crippen MR) is 60.2 cm³/mol. The zero-order valence-corrected chi connectivity index (χ0v) is 9.90. The summed E-state index contributed by atoms with van der Waals surface area (Å²) >= 11 is 5.52. The zero-order chi connectivity index (χ0) is 13.1. The number of nitrogens with zero attached hydrogens (tertiary/aromatic N) is 3. The van der Waals surface area contributed by atoms with E-state index in [-0.39, 0.29) is 23.3 Å². The van der Waals surface area contributed by atoms with Crippen molar-refractivity contribution < 1.29 is 13.3 Å². The van der Waals surface area contributed by atoms with Crippen molar-refractivity contribution in [3.63, 3.8) is 0 Å². The van der Waals surface area contributed by atoms with Crippen LogP contribution in [0.15, 0.2) is 6.33 Å². The molecule has 11 heteroatoms. The molecule has 0 saturated carbocycles. The SMILES string of the molecule is NS(=O)(=O)CCNc1ncnc(Cl)c1[N+](=O)[O-]. The Hall–Kier alpha value is -1.52. The second kappa shape index (κ2) is 5.21. The number of rotatable bonds is 5. The lowest BCUT2D eigenvalue weighted by molar-refractivity contribution is -0.384. The summed E-state index contributed by atoms with van der Waals surface area (Å²) < 4.78 is 21.3. The van der Waals surface area contributed by atoms with Crippen LogP contribution in [0.5, 0.6) is 0 Å². The first-order valence-corrected chi connectivity index (χ1v) is 6.30. The van der Waals surface area contributed by atoms with E-state index in [1.807, 2.05) is 0 Å². The number of anilines is 1. The highest BCUT2D eigenvalue weighted by Gasteiger charge is 2.21. The smallest absolute Gasteiger partial charge is 0.348 e. The highest BCUT2D eigenvalue weighted by atomic mass is 35.5. The molecule has 0 aliphatic heterocycles. The maximum Gasteiger partial charge on any atom is 0.348 e. The summed E-state index contributed by atoms with van der Waals surface area (Å²) in [5, 5.41) is 17.6.